The van der Waals surface area contributed by atoms with Crippen LogP contribution in [-0.4, -0.2) is 36.0 Å². The van der Waals surface area contributed by atoms with E-state index in [1.165, 1.54) is 12.8 Å². The fourth-order valence-corrected chi connectivity index (χ4v) is 3.32. The summed E-state index contributed by atoms with van der Waals surface area (Å²) in [7, 11) is 0. The molecule has 0 aromatic heterocycles. The summed E-state index contributed by atoms with van der Waals surface area (Å²) in [6.45, 7) is 1.74. The number of rotatable bonds is 2. The van der Waals surface area contributed by atoms with Crippen molar-refractivity contribution in [3.05, 3.63) is 34.9 Å². The second-order valence-corrected chi connectivity index (χ2v) is 6.01. The highest BCUT2D eigenvalue weighted by Gasteiger charge is 2.30. The van der Waals surface area contributed by atoms with Gasteiger partial charge in [-0.15, -0.1) is 12.4 Å². The highest BCUT2D eigenvalue weighted by atomic mass is 35.5. The van der Waals surface area contributed by atoms with Gasteiger partial charge in [-0.25, -0.2) is 0 Å². The molecule has 2 saturated heterocycles. The molecule has 0 aliphatic carbocycles. The van der Waals surface area contributed by atoms with E-state index in [1.54, 1.807) is 0 Å². The molecule has 0 saturated carbocycles. The van der Waals surface area contributed by atoms with Crippen LogP contribution in [0.2, 0.25) is 5.02 Å². The van der Waals surface area contributed by atoms with Gasteiger partial charge in [0.25, 0.3) is 0 Å². The van der Waals surface area contributed by atoms with Crippen molar-refractivity contribution in [2.75, 3.05) is 13.1 Å². The number of fused-ring (bicyclic) bond motifs is 2. The smallest absolute Gasteiger partial charge is 0.227 e. The molecule has 2 atom stereocenters. The van der Waals surface area contributed by atoms with Gasteiger partial charge in [0.2, 0.25) is 5.91 Å². The second-order valence-electron chi connectivity index (χ2n) is 5.57. The Hall–Kier alpha value is -0.770. The van der Waals surface area contributed by atoms with E-state index in [2.05, 4.69) is 5.32 Å². The molecule has 3 nitrogen and oxygen atoms in total. The minimum atomic E-state index is 0. The van der Waals surface area contributed by atoms with Crippen LogP contribution >= 0.6 is 24.0 Å². The van der Waals surface area contributed by atoms with Gasteiger partial charge in [-0.1, -0.05) is 23.7 Å². The number of carbonyl (C=O) groups is 1. The van der Waals surface area contributed by atoms with Gasteiger partial charge in [0.1, 0.15) is 0 Å². The van der Waals surface area contributed by atoms with Crippen LogP contribution in [0.3, 0.4) is 0 Å². The van der Waals surface area contributed by atoms with Gasteiger partial charge in [-0.3, -0.25) is 4.79 Å². The number of hydrogen-bond acceptors (Lipinski definition) is 2. The molecule has 110 valence electrons. The molecule has 2 bridgehead atoms. The van der Waals surface area contributed by atoms with E-state index in [0.717, 1.165) is 25.1 Å². The number of halogens is 2. The molecular weight excluding hydrogens is 295 g/mol. The predicted molar refractivity (Wildman–Crippen MR) is 83.5 cm³/mol. The first kappa shape index (κ1) is 15.6. The largest absolute Gasteiger partial charge is 0.341 e. The number of nitrogens with one attached hydrogen (secondary N) is 1. The summed E-state index contributed by atoms with van der Waals surface area (Å²) in [5.74, 6) is 0.219. The Morgan fingerprint density at radius 3 is 2.90 bits per heavy atom. The van der Waals surface area contributed by atoms with Crippen LogP contribution in [-0.2, 0) is 11.2 Å². The van der Waals surface area contributed by atoms with Crippen LogP contribution in [0.25, 0.3) is 0 Å². The maximum absolute atomic E-state index is 12.4. The van der Waals surface area contributed by atoms with E-state index in [1.807, 2.05) is 29.2 Å². The predicted octanol–water partition coefficient (Wildman–Crippen LogP) is 2.66. The first-order chi connectivity index (χ1) is 9.20. The highest BCUT2D eigenvalue weighted by molar-refractivity contribution is 6.30. The van der Waals surface area contributed by atoms with E-state index < -0.39 is 0 Å². The molecule has 1 aromatic rings. The van der Waals surface area contributed by atoms with Gasteiger partial charge < -0.3 is 10.2 Å². The van der Waals surface area contributed by atoms with E-state index >= 15 is 0 Å². The van der Waals surface area contributed by atoms with Crippen LogP contribution in [0.4, 0.5) is 0 Å². The monoisotopic (exact) mass is 314 g/mol. The fraction of sp³-hybridized carbons (Fsp3) is 0.533. The Morgan fingerprint density at radius 1 is 1.30 bits per heavy atom. The normalized spacial score (nSPS) is 24.9. The number of benzene rings is 1. The second kappa shape index (κ2) is 6.79. The Labute approximate surface area is 131 Å². The molecule has 1 N–H and O–H groups in total. The molecule has 1 aromatic carbocycles. The van der Waals surface area contributed by atoms with Gasteiger partial charge in [0, 0.05) is 30.2 Å². The summed E-state index contributed by atoms with van der Waals surface area (Å²) in [6.07, 6.45) is 4.00. The molecular formula is C15H20Cl2N2O. The SMILES string of the molecule is Cl.O=C(Cc1cccc(Cl)c1)N1CCC2CCC(C1)N2. The molecule has 5 heteroatoms. The fourth-order valence-electron chi connectivity index (χ4n) is 3.10. The molecule has 0 radical (unpaired) electrons. The lowest BCUT2D eigenvalue weighted by atomic mass is 10.1. The van der Waals surface area contributed by atoms with Crippen molar-refractivity contribution < 1.29 is 4.79 Å². The summed E-state index contributed by atoms with van der Waals surface area (Å²) >= 11 is 5.96. The first-order valence-corrected chi connectivity index (χ1v) is 7.37. The summed E-state index contributed by atoms with van der Waals surface area (Å²) in [5, 5.41) is 4.29. The van der Waals surface area contributed by atoms with Crippen LogP contribution in [0.1, 0.15) is 24.8 Å². The van der Waals surface area contributed by atoms with Crippen molar-refractivity contribution in [1.82, 2.24) is 10.2 Å². The molecule has 2 aliphatic heterocycles. The Morgan fingerprint density at radius 2 is 2.10 bits per heavy atom. The number of hydrogen-bond donors (Lipinski definition) is 1. The summed E-state index contributed by atoms with van der Waals surface area (Å²) in [6, 6.07) is 8.69. The van der Waals surface area contributed by atoms with Gasteiger partial charge >= 0.3 is 0 Å². The zero-order valence-corrected chi connectivity index (χ0v) is 12.9. The maximum atomic E-state index is 12.4. The molecule has 1 amide bonds. The van der Waals surface area contributed by atoms with Gasteiger partial charge in [-0.2, -0.15) is 0 Å². The van der Waals surface area contributed by atoms with Crippen molar-refractivity contribution in [2.24, 2.45) is 0 Å². The van der Waals surface area contributed by atoms with E-state index in [4.69, 9.17) is 11.6 Å². The average Bonchev–Trinajstić information content (AvgIpc) is 2.68. The van der Waals surface area contributed by atoms with Crippen LogP contribution < -0.4 is 5.32 Å². The van der Waals surface area contributed by atoms with Crippen LogP contribution in [0.5, 0.6) is 0 Å². The molecule has 2 unspecified atom stereocenters. The van der Waals surface area contributed by atoms with Gasteiger partial charge in [-0.05, 0) is 37.0 Å². The maximum Gasteiger partial charge on any atom is 0.227 e. The standard InChI is InChI=1S/C15H19ClN2O.ClH/c16-12-3-1-2-11(8-12)9-15(19)18-7-6-13-4-5-14(10-18)17-13;/h1-3,8,13-14,17H,4-7,9-10H2;1H. The highest BCUT2D eigenvalue weighted by Crippen LogP contribution is 2.21. The van der Waals surface area contributed by atoms with Crippen LogP contribution in [0, 0.1) is 0 Å². The number of likely N-dealkylation sites (tertiary alicyclic amines) is 1. The Kier molecular flexibility index (Phi) is 5.30. The van der Waals surface area contributed by atoms with Gasteiger partial charge in [0.05, 0.1) is 6.42 Å². The quantitative estimate of drug-likeness (QED) is 0.910. The third-order valence-corrected chi connectivity index (χ3v) is 4.36. The molecule has 2 aliphatic rings. The zero-order valence-electron chi connectivity index (χ0n) is 11.3. The van der Waals surface area contributed by atoms with Crippen molar-refractivity contribution in [3.8, 4) is 0 Å². The number of nitrogens with zero attached hydrogens (tertiary/aromatic N) is 1. The lowest BCUT2D eigenvalue weighted by Gasteiger charge is -2.24. The molecule has 0 spiro atoms. The third-order valence-electron chi connectivity index (χ3n) is 4.12. The lowest BCUT2D eigenvalue weighted by Crippen LogP contribution is -2.39. The van der Waals surface area contributed by atoms with E-state index in [-0.39, 0.29) is 18.3 Å². The van der Waals surface area contributed by atoms with Crippen molar-refractivity contribution >= 4 is 29.9 Å². The summed E-state index contributed by atoms with van der Waals surface area (Å²) < 4.78 is 0. The van der Waals surface area contributed by atoms with Gasteiger partial charge in [0.15, 0.2) is 0 Å². The van der Waals surface area contributed by atoms with Crippen LogP contribution in [0.15, 0.2) is 24.3 Å². The minimum Gasteiger partial charge on any atom is -0.341 e. The molecule has 20 heavy (non-hydrogen) atoms. The van der Waals surface area contributed by atoms with Crippen molar-refractivity contribution in [2.45, 2.75) is 37.8 Å². The Bertz CT molecular complexity index is 481. The molecule has 3 rings (SSSR count). The summed E-state index contributed by atoms with van der Waals surface area (Å²) in [4.78, 5) is 14.4. The number of amides is 1. The zero-order chi connectivity index (χ0) is 13.2. The number of carbonyl (C=O) groups excluding carboxylic acids is 1. The van der Waals surface area contributed by atoms with E-state index in [9.17, 15) is 4.79 Å². The third kappa shape index (κ3) is 3.66. The first-order valence-electron chi connectivity index (χ1n) is 6.99. The van der Waals surface area contributed by atoms with Crippen molar-refractivity contribution in [1.29, 1.82) is 0 Å². The molecule has 2 heterocycles. The minimum absolute atomic E-state index is 0. The Balaban J connectivity index is 0.00000147. The van der Waals surface area contributed by atoms with Crippen molar-refractivity contribution in [3.63, 3.8) is 0 Å². The average molecular weight is 315 g/mol. The molecule has 2 fully saturated rings. The lowest BCUT2D eigenvalue weighted by molar-refractivity contribution is -0.130. The van der Waals surface area contributed by atoms with E-state index in [0.29, 0.717) is 23.5 Å². The topological polar surface area (TPSA) is 32.3 Å². The summed E-state index contributed by atoms with van der Waals surface area (Å²) in [5.41, 5.74) is 1.000.